The Labute approximate surface area is 154 Å². The maximum absolute atomic E-state index is 13.8. The van der Waals surface area contributed by atoms with Crippen LogP contribution in [0.15, 0.2) is 24.3 Å². The van der Waals surface area contributed by atoms with Gasteiger partial charge in [-0.15, -0.1) is 0 Å². The van der Waals surface area contributed by atoms with Crippen LogP contribution in [-0.2, 0) is 15.1 Å². The van der Waals surface area contributed by atoms with Gasteiger partial charge in [-0.1, -0.05) is 18.6 Å². The largest absolute Gasteiger partial charge is 0.381 e. The number of nitrogens with two attached hydrogens (primary N) is 1. The van der Waals surface area contributed by atoms with E-state index in [0.717, 1.165) is 31.2 Å². The molecule has 3 fully saturated rings. The lowest BCUT2D eigenvalue weighted by Gasteiger charge is -2.45. The van der Waals surface area contributed by atoms with E-state index < -0.39 is 5.54 Å². The summed E-state index contributed by atoms with van der Waals surface area (Å²) in [6.45, 7) is 1.16. The van der Waals surface area contributed by atoms with Crippen molar-refractivity contribution >= 4 is 5.91 Å². The van der Waals surface area contributed by atoms with Crippen LogP contribution in [-0.4, -0.2) is 25.2 Å². The molecule has 0 radical (unpaired) electrons. The van der Waals surface area contributed by atoms with Gasteiger partial charge in [0.2, 0.25) is 5.91 Å². The molecule has 142 valence electrons. The SMILES string of the molecule is NC1C2CCCC1CC(C(=O)NC1(c3cccc(F)c3)CCOCC1)C2. The van der Waals surface area contributed by atoms with E-state index in [1.165, 1.54) is 12.5 Å². The van der Waals surface area contributed by atoms with Crippen molar-refractivity contribution in [1.82, 2.24) is 5.32 Å². The summed E-state index contributed by atoms with van der Waals surface area (Å²) in [7, 11) is 0. The van der Waals surface area contributed by atoms with Gasteiger partial charge in [0.15, 0.2) is 0 Å². The molecule has 4 nitrogen and oxygen atoms in total. The normalized spacial score (nSPS) is 33.5. The Morgan fingerprint density at radius 2 is 1.88 bits per heavy atom. The third-order valence-corrected chi connectivity index (χ3v) is 6.87. The highest BCUT2D eigenvalue weighted by Gasteiger charge is 2.43. The van der Waals surface area contributed by atoms with Gasteiger partial charge in [-0.05, 0) is 68.1 Å². The number of amides is 1. The fourth-order valence-corrected chi connectivity index (χ4v) is 5.33. The van der Waals surface area contributed by atoms with Crippen molar-refractivity contribution in [2.75, 3.05) is 13.2 Å². The van der Waals surface area contributed by atoms with Crippen molar-refractivity contribution in [2.24, 2.45) is 23.5 Å². The quantitative estimate of drug-likeness (QED) is 0.871. The van der Waals surface area contributed by atoms with Gasteiger partial charge in [-0.2, -0.15) is 0 Å². The number of carbonyl (C=O) groups is 1. The summed E-state index contributed by atoms with van der Waals surface area (Å²) in [6.07, 6.45) is 6.66. The van der Waals surface area contributed by atoms with Crippen LogP contribution in [0.2, 0.25) is 0 Å². The van der Waals surface area contributed by atoms with Gasteiger partial charge in [-0.25, -0.2) is 4.39 Å². The predicted molar refractivity (Wildman–Crippen MR) is 97.8 cm³/mol. The molecule has 0 aromatic heterocycles. The van der Waals surface area contributed by atoms with Crippen molar-refractivity contribution in [2.45, 2.75) is 56.5 Å². The number of rotatable bonds is 3. The number of nitrogens with one attached hydrogen (secondary N) is 1. The van der Waals surface area contributed by atoms with Gasteiger partial charge in [0.05, 0.1) is 5.54 Å². The summed E-state index contributed by atoms with van der Waals surface area (Å²) in [6, 6.07) is 6.89. The molecule has 2 bridgehead atoms. The highest BCUT2D eigenvalue weighted by atomic mass is 19.1. The summed E-state index contributed by atoms with van der Waals surface area (Å²) in [5, 5.41) is 3.32. The minimum atomic E-state index is -0.522. The summed E-state index contributed by atoms with van der Waals surface area (Å²) in [5.41, 5.74) is 6.70. The van der Waals surface area contributed by atoms with Crippen LogP contribution in [0.4, 0.5) is 4.39 Å². The minimum absolute atomic E-state index is 0.0263. The summed E-state index contributed by atoms with van der Waals surface area (Å²) in [4.78, 5) is 13.2. The van der Waals surface area contributed by atoms with Crippen molar-refractivity contribution in [3.63, 3.8) is 0 Å². The molecular formula is C21H29FN2O2. The highest BCUT2D eigenvalue weighted by Crippen LogP contribution is 2.42. The van der Waals surface area contributed by atoms with Crippen LogP contribution < -0.4 is 11.1 Å². The van der Waals surface area contributed by atoms with E-state index in [4.69, 9.17) is 10.5 Å². The Morgan fingerprint density at radius 1 is 1.19 bits per heavy atom. The van der Waals surface area contributed by atoms with E-state index >= 15 is 0 Å². The monoisotopic (exact) mass is 360 g/mol. The maximum atomic E-state index is 13.8. The number of ether oxygens (including phenoxy) is 1. The molecule has 1 aromatic carbocycles. The minimum Gasteiger partial charge on any atom is -0.381 e. The second-order valence-corrected chi connectivity index (χ2v) is 8.39. The zero-order valence-electron chi connectivity index (χ0n) is 15.3. The summed E-state index contributed by atoms with van der Waals surface area (Å²) >= 11 is 0. The average Bonchev–Trinajstić information content (AvgIpc) is 2.62. The van der Waals surface area contributed by atoms with Crippen LogP contribution in [0.25, 0.3) is 0 Å². The molecule has 2 unspecified atom stereocenters. The van der Waals surface area contributed by atoms with Crippen LogP contribution in [0.1, 0.15) is 50.5 Å². The van der Waals surface area contributed by atoms with Gasteiger partial charge in [0, 0.05) is 25.2 Å². The first-order valence-electron chi connectivity index (χ1n) is 9.99. The molecule has 1 aliphatic heterocycles. The highest BCUT2D eigenvalue weighted by molar-refractivity contribution is 5.80. The van der Waals surface area contributed by atoms with Gasteiger partial charge in [-0.3, -0.25) is 4.79 Å². The standard InChI is InChI=1S/C21H29FN2O2/c22-18-6-2-5-17(13-18)21(7-9-26-10-8-21)24-20(25)16-11-14-3-1-4-15(12-16)19(14)23/h2,5-6,13-16,19H,1,3-4,7-12,23H2,(H,24,25). The van der Waals surface area contributed by atoms with Gasteiger partial charge in [0.1, 0.15) is 5.82 Å². The van der Waals surface area contributed by atoms with E-state index in [1.807, 2.05) is 6.07 Å². The molecule has 5 heteroatoms. The first-order valence-corrected chi connectivity index (χ1v) is 9.99. The van der Waals surface area contributed by atoms with Crippen molar-refractivity contribution < 1.29 is 13.9 Å². The smallest absolute Gasteiger partial charge is 0.223 e. The number of hydrogen-bond donors (Lipinski definition) is 2. The van der Waals surface area contributed by atoms with Gasteiger partial charge < -0.3 is 15.8 Å². The van der Waals surface area contributed by atoms with Crippen molar-refractivity contribution in [3.8, 4) is 0 Å². The summed E-state index contributed by atoms with van der Waals surface area (Å²) in [5.74, 6) is 0.815. The maximum Gasteiger partial charge on any atom is 0.223 e. The predicted octanol–water partition coefficient (Wildman–Crippen LogP) is 3.10. The van der Waals surface area contributed by atoms with Crippen LogP contribution in [0, 0.1) is 23.6 Å². The molecule has 26 heavy (non-hydrogen) atoms. The topological polar surface area (TPSA) is 64.4 Å². The molecular weight excluding hydrogens is 331 g/mol. The molecule has 2 atom stereocenters. The number of hydrogen-bond acceptors (Lipinski definition) is 3. The fraction of sp³-hybridized carbons (Fsp3) is 0.667. The molecule has 1 heterocycles. The van der Waals surface area contributed by atoms with E-state index in [9.17, 15) is 9.18 Å². The third kappa shape index (κ3) is 3.39. The van der Waals surface area contributed by atoms with Crippen molar-refractivity contribution in [1.29, 1.82) is 0 Å². The molecule has 1 amide bonds. The van der Waals surface area contributed by atoms with Gasteiger partial charge in [0.25, 0.3) is 0 Å². The summed E-state index contributed by atoms with van der Waals surface area (Å²) < 4.78 is 19.3. The van der Waals surface area contributed by atoms with Crippen LogP contribution in [0.5, 0.6) is 0 Å². The lowest BCUT2D eigenvalue weighted by Crippen LogP contribution is -2.54. The molecule has 3 aliphatic rings. The number of fused-ring (bicyclic) bond motifs is 2. The number of carbonyl (C=O) groups excluding carboxylic acids is 1. The van der Waals surface area contributed by atoms with Gasteiger partial charge >= 0.3 is 0 Å². The molecule has 0 spiro atoms. The Balaban J connectivity index is 1.53. The zero-order chi connectivity index (χ0) is 18.1. The van der Waals surface area contributed by atoms with Crippen LogP contribution >= 0.6 is 0 Å². The van der Waals surface area contributed by atoms with E-state index in [1.54, 1.807) is 12.1 Å². The average molecular weight is 360 g/mol. The molecule has 3 N–H and O–H groups in total. The second-order valence-electron chi connectivity index (χ2n) is 8.39. The van der Waals surface area contributed by atoms with E-state index in [0.29, 0.717) is 37.9 Å². The zero-order valence-corrected chi connectivity index (χ0v) is 15.3. The molecule has 1 saturated heterocycles. The molecule has 2 saturated carbocycles. The Hall–Kier alpha value is -1.46. The number of benzene rings is 1. The van der Waals surface area contributed by atoms with E-state index in [2.05, 4.69) is 5.32 Å². The van der Waals surface area contributed by atoms with Crippen LogP contribution in [0.3, 0.4) is 0 Å². The second kappa shape index (κ2) is 7.28. The van der Waals surface area contributed by atoms with Crippen molar-refractivity contribution in [3.05, 3.63) is 35.6 Å². The lowest BCUT2D eigenvalue weighted by molar-refractivity contribution is -0.131. The van der Waals surface area contributed by atoms with E-state index in [-0.39, 0.29) is 23.7 Å². The first-order chi connectivity index (χ1) is 12.6. The Bertz CT molecular complexity index is 645. The Kier molecular flexibility index (Phi) is 5.02. The third-order valence-electron chi connectivity index (χ3n) is 6.87. The molecule has 2 aliphatic carbocycles. The Morgan fingerprint density at radius 3 is 2.54 bits per heavy atom. The molecule has 1 aromatic rings. The molecule has 4 rings (SSSR count). The first kappa shape index (κ1) is 17.9. The fourth-order valence-electron chi connectivity index (χ4n) is 5.33. The lowest BCUT2D eigenvalue weighted by atomic mass is 9.64. The number of halogens is 1.